The molecule has 1 N–H and O–H groups in total. The lowest BCUT2D eigenvalue weighted by Gasteiger charge is -2.22. The van der Waals surface area contributed by atoms with Crippen LogP contribution in [0.1, 0.15) is 23.9 Å². The number of aryl methyl sites for hydroxylation is 1. The predicted octanol–water partition coefficient (Wildman–Crippen LogP) is 2.23. The maximum Gasteiger partial charge on any atom is 0.325 e. The number of amides is 3. The van der Waals surface area contributed by atoms with Crippen molar-refractivity contribution in [2.24, 2.45) is 0 Å². The first-order valence-electron chi connectivity index (χ1n) is 6.83. The summed E-state index contributed by atoms with van der Waals surface area (Å²) < 4.78 is 32.3. The largest absolute Gasteiger partial charge is 0.361 e. The molecular weight excluding hydrogens is 308 g/mol. The van der Waals surface area contributed by atoms with Gasteiger partial charge in [0.2, 0.25) is 0 Å². The Labute approximate surface area is 130 Å². The minimum atomic E-state index is -1.68. The van der Waals surface area contributed by atoms with Crippen molar-refractivity contribution in [1.82, 2.24) is 15.4 Å². The second-order valence-corrected chi connectivity index (χ2v) is 5.50. The number of imide groups is 1. The summed E-state index contributed by atoms with van der Waals surface area (Å²) in [4.78, 5) is 25.6. The lowest BCUT2D eigenvalue weighted by Crippen LogP contribution is -2.41. The second kappa shape index (κ2) is 5.15. The Kier molecular flexibility index (Phi) is 3.39. The molecule has 0 aliphatic carbocycles. The normalized spacial score (nSPS) is 21.0. The van der Waals surface area contributed by atoms with Crippen molar-refractivity contribution < 1.29 is 22.9 Å². The van der Waals surface area contributed by atoms with Crippen LogP contribution in [0.5, 0.6) is 0 Å². The molecule has 1 fully saturated rings. The van der Waals surface area contributed by atoms with Crippen LogP contribution in [0.25, 0.3) is 0 Å². The fourth-order valence-electron chi connectivity index (χ4n) is 2.56. The summed E-state index contributed by atoms with van der Waals surface area (Å²) in [5.41, 5.74) is -1.52. The van der Waals surface area contributed by atoms with Gasteiger partial charge in [-0.2, -0.15) is 0 Å². The number of nitrogens with zero attached hydrogens (tertiary/aromatic N) is 2. The standard InChI is InChI=1S/C15H13F2N3O3/c1-8-5-10(19-23-8)7-20-13(21)15(2,18-14(20)22)11-6-9(16)3-4-12(11)17/h3-6H,7H2,1-2H3,(H,18,22). The van der Waals surface area contributed by atoms with E-state index < -0.39 is 29.1 Å². The summed E-state index contributed by atoms with van der Waals surface area (Å²) in [7, 11) is 0. The van der Waals surface area contributed by atoms with Gasteiger partial charge in [-0.15, -0.1) is 0 Å². The molecule has 1 unspecified atom stereocenters. The molecule has 23 heavy (non-hydrogen) atoms. The molecule has 0 radical (unpaired) electrons. The van der Waals surface area contributed by atoms with Crippen molar-refractivity contribution in [1.29, 1.82) is 0 Å². The third-order valence-corrected chi connectivity index (χ3v) is 3.74. The predicted molar refractivity (Wildman–Crippen MR) is 74.0 cm³/mol. The first-order valence-corrected chi connectivity index (χ1v) is 6.83. The number of aromatic nitrogens is 1. The van der Waals surface area contributed by atoms with Gasteiger partial charge < -0.3 is 9.84 Å². The first kappa shape index (κ1) is 15.1. The highest BCUT2D eigenvalue weighted by atomic mass is 19.1. The first-order chi connectivity index (χ1) is 10.8. The maximum absolute atomic E-state index is 14.0. The van der Waals surface area contributed by atoms with E-state index in [2.05, 4.69) is 10.5 Å². The highest BCUT2D eigenvalue weighted by molar-refractivity contribution is 6.07. The van der Waals surface area contributed by atoms with E-state index in [1.807, 2.05) is 0 Å². The fourth-order valence-corrected chi connectivity index (χ4v) is 2.56. The van der Waals surface area contributed by atoms with Crippen LogP contribution in [0.3, 0.4) is 0 Å². The average Bonchev–Trinajstić information content (AvgIpc) is 2.99. The van der Waals surface area contributed by atoms with Crippen molar-refractivity contribution in [3.63, 3.8) is 0 Å². The van der Waals surface area contributed by atoms with Crippen LogP contribution < -0.4 is 5.32 Å². The van der Waals surface area contributed by atoms with Gasteiger partial charge in [-0.1, -0.05) is 5.16 Å². The van der Waals surface area contributed by atoms with Gasteiger partial charge in [-0.05, 0) is 32.0 Å². The van der Waals surface area contributed by atoms with Crippen LogP contribution in [-0.2, 0) is 16.9 Å². The number of carbonyl (C=O) groups excluding carboxylic acids is 2. The lowest BCUT2D eigenvalue weighted by molar-refractivity contribution is -0.131. The van der Waals surface area contributed by atoms with Crippen molar-refractivity contribution >= 4 is 11.9 Å². The Bertz CT molecular complexity index is 805. The molecular formula is C15H13F2N3O3. The number of hydrogen-bond acceptors (Lipinski definition) is 4. The van der Waals surface area contributed by atoms with E-state index in [9.17, 15) is 18.4 Å². The topological polar surface area (TPSA) is 75.4 Å². The van der Waals surface area contributed by atoms with E-state index in [0.29, 0.717) is 11.5 Å². The number of urea groups is 1. The van der Waals surface area contributed by atoms with Crippen molar-refractivity contribution in [3.8, 4) is 0 Å². The van der Waals surface area contributed by atoms with Crippen LogP contribution in [0.2, 0.25) is 0 Å². The second-order valence-electron chi connectivity index (χ2n) is 5.50. The molecule has 0 spiro atoms. The molecule has 3 rings (SSSR count). The molecule has 1 aromatic heterocycles. The number of benzene rings is 1. The number of rotatable bonds is 3. The highest BCUT2D eigenvalue weighted by Gasteiger charge is 2.50. The molecule has 0 saturated carbocycles. The van der Waals surface area contributed by atoms with Crippen LogP contribution in [0, 0.1) is 18.6 Å². The van der Waals surface area contributed by atoms with Gasteiger partial charge in [-0.3, -0.25) is 9.69 Å². The fraction of sp³-hybridized carbons (Fsp3) is 0.267. The highest BCUT2D eigenvalue weighted by Crippen LogP contribution is 2.31. The van der Waals surface area contributed by atoms with Crippen LogP contribution in [0.15, 0.2) is 28.8 Å². The minimum Gasteiger partial charge on any atom is -0.361 e. The van der Waals surface area contributed by atoms with Gasteiger partial charge in [0.15, 0.2) is 0 Å². The molecule has 1 aromatic carbocycles. The molecule has 2 heterocycles. The molecule has 1 aliphatic heterocycles. The number of hydrogen-bond donors (Lipinski definition) is 1. The zero-order valence-corrected chi connectivity index (χ0v) is 12.4. The molecule has 0 bridgehead atoms. The van der Waals surface area contributed by atoms with E-state index in [1.54, 1.807) is 13.0 Å². The van der Waals surface area contributed by atoms with Crippen molar-refractivity contribution in [3.05, 3.63) is 52.9 Å². The summed E-state index contributed by atoms with van der Waals surface area (Å²) in [5.74, 6) is -1.63. The molecule has 6 nitrogen and oxygen atoms in total. The average molecular weight is 321 g/mol. The molecule has 1 aliphatic rings. The molecule has 1 atom stereocenters. The molecule has 8 heteroatoms. The summed E-state index contributed by atoms with van der Waals surface area (Å²) in [5, 5.41) is 6.13. The smallest absolute Gasteiger partial charge is 0.325 e. The van der Waals surface area contributed by atoms with E-state index in [-0.39, 0.29) is 12.1 Å². The molecule has 1 saturated heterocycles. The number of carbonyl (C=O) groups is 2. The molecule has 3 amide bonds. The van der Waals surface area contributed by atoms with Gasteiger partial charge >= 0.3 is 6.03 Å². The van der Waals surface area contributed by atoms with Gasteiger partial charge in [0.25, 0.3) is 5.91 Å². The van der Waals surface area contributed by atoms with Gasteiger partial charge in [-0.25, -0.2) is 13.6 Å². The van der Waals surface area contributed by atoms with E-state index in [1.165, 1.54) is 6.92 Å². The zero-order chi connectivity index (χ0) is 16.8. The zero-order valence-electron chi connectivity index (χ0n) is 12.4. The summed E-state index contributed by atoms with van der Waals surface area (Å²) in [6, 6.07) is 3.64. The summed E-state index contributed by atoms with van der Waals surface area (Å²) in [6.45, 7) is 2.89. The van der Waals surface area contributed by atoms with Crippen molar-refractivity contribution in [2.75, 3.05) is 0 Å². The molecule has 120 valence electrons. The van der Waals surface area contributed by atoms with E-state index in [4.69, 9.17) is 4.52 Å². The van der Waals surface area contributed by atoms with Gasteiger partial charge in [0.1, 0.15) is 28.6 Å². The summed E-state index contributed by atoms with van der Waals surface area (Å²) in [6.07, 6.45) is 0. The lowest BCUT2D eigenvalue weighted by atomic mass is 9.91. The van der Waals surface area contributed by atoms with Crippen LogP contribution in [0.4, 0.5) is 13.6 Å². The van der Waals surface area contributed by atoms with E-state index in [0.717, 1.165) is 23.1 Å². The third kappa shape index (κ3) is 2.45. The number of nitrogens with one attached hydrogen (secondary N) is 1. The Morgan fingerprint density at radius 2 is 2.04 bits per heavy atom. The van der Waals surface area contributed by atoms with Crippen LogP contribution in [-0.4, -0.2) is 22.0 Å². The quantitative estimate of drug-likeness (QED) is 0.880. The summed E-state index contributed by atoms with van der Waals surface area (Å²) >= 11 is 0. The Hall–Kier alpha value is -2.77. The monoisotopic (exact) mass is 321 g/mol. The Morgan fingerprint density at radius 3 is 2.70 bits per heavy atom. The van der Waals surface area contributed by atoms with Crippen LogP contribution >= 0.6 is 0 Å². The Balaban J connectivity index is 1.95. The van der Waals surface area contributed by atoms with Gasteiger partial charge in [0, 0.05) is 11.6 Å². The maximum atomic E-state index is 14.0. The minimum absolute atomic E-state index is 0.117. The number of halogens is 2. The molecule has 2 aromatic rings. The van der Waals surface area contributed by atoms with Gasteiger partial charge in [0.05, 0.1) is 6.54 Å². The Morgan fingerprint density at radius 1 is 1.30 bits per heavy atom. The van der Waals surface area contributed by atoms with E-state index >= 15 is 0 Å². The third-order valence-electron chi connectivity index (χ3n) is 3.74. The van der Waals surface area contributed by atoms with Crippen molar-refractivity contribution in [2.45, 2.75) is 25.9 Å². The SMILES string of the molecule is Cc1cc(CN2C(=O)NC(C)(c3cc(F)ccc3F)C2=O)no1.